The Hall–Kier alpha value is -0.370. The highest BCUT2D eigenvalue weighted by Crippen LogP contribution is 1.97. The molecular formula is C6H11NS. The van der Waals surface area contributed by atoms with Crippen LogP contribution in [-0.2, 0) is 0 Å². The Balaban J connectivity index is 4.03. The van der Waals surface area contributed by atoms with Gasteiger partial charge in [0.15, 0.2) is 0 Å². The topological polar surface area (TPSA) is 26.0 Å². The Morgan fingerprint density at radius 2 is 2.25 bits per heavy atom. The minimum atomic E-state index is 0.888. The van der Waals surface area contributed by atoms with Crippen molar-refractivity contribution in [3.05, 3.63) is 11.3 Å². The minimum absolute atomic E-state index is 0.888. The zero-order valence-electron chi connectivity index (χ0n) is 5.27. The molecule has 0 atom stereocenters. The quantitative estimate of drug-likeness (QED) is 0.453. The van der Waals surface area contributed by atoms with Gasteiger partial charge >= 0.3 is 0 Å². The maximum Gasteiger partial charge on any atom is 0.0116 e. The summed E-state index contributed by atoms with van der Waals surface area (Å²) in [4.78, 5) is 0. The molecule has 0 rings (SSSR count). The summed E-state index contributed by atoms with van der Waals surface area (Å²) in [5, 5.41) is 1.61. The van der Waals surface area contributed by atoms with Crippen molar-refractivity contribution in [3.8, 4) is 0 Å². The minimum Gasteiger partial charge on any atom is -0.402 e. The molecule has 8 heavy (non-hydrogen) atoms. The summed E-state index contributed by atoms with van der Waals surface area (Å²) >= 11 is 4.65. The molecule has 0 aromatic heterocycles. The third-order valence-corrected chi connectivity index (χ3v) is 1.42. The molecule has 0 saturated carbocycles. The van der Waals surface area contributed by atoms with Crippen LogP contribution in [0.2, 0.25) is 0 Å². The van der Waals surface area contributed by atoms with Crippen molar-refractivity contribution in [1.29, 1.82) is 0 Å². The second-order valence-electron chi connectivity index (χ2n) is 1.68. The van der Waals surface area contributed by atoms with Gasteiger partial charge < -0.3 is 5.73 Å². The Kier molecular flexibility index (Phi) is 3.44. The van der Waals surface area contributed by atoms with Crippen LogP contribution in [0.25, 0.3) is 0 Å². The fraction of sp³-hybridized carbons (Fsp3) is 0.500. The first-order valence-corrected chi connectivity index (χ1v) is 3.10. The smallest absolute Gasteiger partial charge is 0.0116 e. The predicted molar refractivity (Wildman–Crippen MR) is 40.8 cm³/mol. The molecule has 46 valence electrons. The molecule has 0 heterocycles. The van der Waals surface area contributed by atoms with Crippen LogP contribution in [0, 0.1) is 0 Å². The molecular weight excluding hydrogens is 118 g/mol. The van der Waals surface area contributed by atoms with E-state index >= 15 is 0 Å². The molecule has 0 aliphatic heterocycles. The Bertz CT molecular complexity index is 116. The Morgan fingerprint density at radius 1 is 1.75 bits per heavy atom. The summed E-state index contributed by atoms with van der Waals surface area (Å²) in [5.74, 6) is 0. The van der Waals surface area contributed by atoms with Crippen molar-refractivity contribution in [2.45, 2.75) is 20.3 Å². The lowest BCUT2D eigenvalue weighted by Gasteiger charge is -1.95. The largest absolute Gasteiger partial charge is 0.402 e. The average Bonchev–Trinajstić information content (AvgIpc) is 1.84. The SMILES string of the molecule is CC/C(N)=C(\C)C=S. The van der Waals surface area contributed by atoms with Crippen molar-refractivity contribution in [3.63, 3.8) is 0 Å². The first-order chi connectivity index (χ1) is 3.72. The number of thiocarbonyl (C=S) groups is 1. The van der Waals surface area contributed by atoms with Crippen molar-refractivity contribution in [1.82, 2.24) is 0 Å². The zero-order valence-corrected chi connectivity index (χ0v) is 6.09. The van der Waals surface area contributed by atoms with Crippen LogP contribution in [0.4, 0.5) is 0 Å². The monoisotopic (exact) mass is 129 g/mol. The standard InChI is InChI=1S/C6H11NS/c1-3-6(7)5(2)4-8/h4H,3,7H2,1-2H3/b6-5-. The maximum absolute atomic E-state index is 5.51. The van der Waals surface area contributed by atoms with Crippen LogP contribution in [0.5, 0.6) is 0 Å². The van der Waals surface area contributed by atoms with Gasteiger partial charge in [-0.05, 0) is 18.9 Å². The summed E-state index contributed by atoms with van der Waals surface area (Å²) in [6.07, 6.45) is 0.888. The van der Waals surface area contributed by atoms with Crippen molar-refractivity contribution in [2.75, 3.05) is 0 Å². The van der Waals surface area contributed by atoms with Gasteiger partial charge in [0.1, 0.15) is 0 Å². The third kappa shape index (κ3) is 2.07. The zero-order chi connectivity index (χ0) is 6.57. The Morgan fingerprint density at radius 3 is 2.38 bits per heavy atom. The fourth-order valence-electron chi connectivity index (χ4n) is 0.355. The molecule has 0 amide bonds. The molecule has 0 fully saturated rings. The number of allylic oxidation sites excluding steroid dienone is 2. The van der Waals surface area contributed by atoms with Gasteiger partial charge in [0.05, 0.1) is 0 Å². The van der Waals surface area contributed by atoms with Crippen LogP contribution in [0.3, 0.4) is 0 Å². The van der Waals surface area contributed by atoms with Crippen molar-refractivity contribution in [2.24, 2.45) is 5.73 Å². The number of hydrogen-bond donors (Lipinski definition) is 1. The second-order valence-corrected chi connectivity index (χ2v) is 1.92. The first kappa shape index (κ1) is 7.63. The first-order valence-electron chi connectivity index (χ1n) is 2.62. The molecule has 0 unspecified atom stereocenters. The van der Waals surface area contributed by atoms with Crippen molar-refractivity contribution < 1.29 is 0 Å². The van der Waals surface area contributed by atoms with E-state index in [1.807, 2.05) is 13.8 Å². The average molecular weight is 129 g/mol. The van der Waals surface area contributed by atoms with E-state index in [4.69, 9.17) is 5.73 Å². The molecule has 0 spiro atoms. The van der Waals surface area contributed by atoms with Gasteiger partial charge in [0.2, 0.25) is 0 Å². The highest BCUT2D eigenvalue weighted by atomic mass is 32.1. The van der Waals surface area contributed by atoms with E-state index in [0.29, 0.717) is 0 Å². The number of rotatable bonds is 2. The molecule has 0 aliphatic carbocycles. The summed E-state index contributed by atoms with van der Waals surface area (Å²) in [5.41, 5.74) is 7.41. The summed E-state index contributed by atoms with van der Waals surface area (Å²) < 4.78 is 0. The van der Waals surface area contributed by atoms with E-state index in [-0.39, 0.29) is 0 Å². The molecule has 0 aromatic rings. The van der Waals surface area contributed by atoms with E-state index in [1.165, 1.54) is 0 Å². The lowest BCUT2D eigenvalue weighted by molar-refractivity contribution is 1.05. The van der Waals surface area contributed by atoms with Crippen molar-refractivity contribution >= 4 is 17.6 Å². The van der Waals surface area contributed by atoms with Crippen LogP contribution in [0.1, 0.15) is 20.3 Å². The van der Waals surface area contributed by atoms with E-state index < -0.39 is 0 Å². The van der Waals surface area contributed by atoms with Gasteiger partial charge in [-0.3, -0.25) is 0 Å². The summed E-state index contributed by atoms with van der Waals surface area (Å²) in [6.45, 7) is 3.93. The van der Waals surface area contributed by atoms with Gasteiger partial charge in [0, 0.05) is 11.1 Å². The molecule has 1 nitrogen and oxygen atoms in total. The molecule has 0 saturated heterocycles. The molecule has 2 N–H and O–H groups in total. The van der Waals surface area contributed by atoms with Crippen LogP contribution < -0.4 is 5.73 Å². The lowest BCUT2D eigenvalue weighted by Crippen LogP contribution is -1.98. The van der Waals surface area contributed by atoms with Gasteiger partial charge in [0.25, 0.3) is 0 Å². The van der Waals surface area contributed by atoms with E-state index in [0.717, 1.165) is 17.7 Å². The molecule has 0 bridgehead atoms. The summed E-state index contributed by atoms with van der Waals surface area (Å²) in [6, 6.07) is 0. The highest BCUT2D eigenvalue weighted by Gasteiger charge is 1.87. The van der Waals surface area contributed by atoms with Gasteiger partial charge in [-0.1, -0.05) is 19.1 Å². The lowest BCUT2D eigenvalue weighted by atomic mass is 10.2. The van der Waals surface area contributed by atoms with E-state index in [2.05, 4.69) is 12.2 Å². The molecule has 2 heteroatoms. The van der Waals surface area contributed by atoms with Gasteiger partial charge in [-0.15, -0.1) is 0 Å². The molecule has 0 radical (unpaired) electrons. The number of hydrogen-bond acceptors (Lipinski definition) is 2. The molecule has 0 aromatic carbocycles. The van der Waals surface area contributed by atoms with Gasteiger partial charge in [-0.25, -0.2) is 0 Å². The normalized spacial score (nSPS) is 12.8. The Labute approximate surface area is 55.6 Å². The number of nitrogens with two attached hydrogens (primary N) is 1. The van der Waals surface area contributed by atoms with Crippen LogP contribution in [0.15, 0.2) is 11.3 Å². The fourth-order valence-corrected chi connectivity index (χ4v) is 0.506. The highest BCUT2D eigenvalue weighted by molar-refractivity contribution is 7.79. The maximum atomic E-state index is 5.51. The van der Waals surface area contributed by atoms with E-state index in [9.17, 15) is 0 Å². The molecule has 0 aliphatic rings. The predicted octanol–water partition coefficient (Wildman–Crippen LogP) is 1.63. The second kappa shape index (κ2) is 3.61. The van der Waals surface area contributed by atoms with Crippen LogP contribution >= 0.6 is 12.2 Å². The van der Waals surface area contributed by atoms with E-state index in [1.54, 1.807) is 5.37 Å². The summed E-state index contributed by atoms with van der Waals surface area (Å²) in [7, 11) is 0. The van der Waals surface area contributed by atoms with Crippen LogP contribution in [-0.4, -0.2) is 5.37 Å². The van der Waals surface area contributed by atoms with Gasteiger partial charge in [-0.2, -0.15) is 0 Å². The third-order valence-electron chi connectivity index (χ3n) is 1.06.